The molecule has 24 heavy (non-hydrogen) atoms. The normalized spacial score (nSPS) is 19.2. The Morgan fingerprint density at radius 1 is 0.917 bits per heavy atom. The first-order chi connectivity index (χ1) is 11.5. The van der Waals surface area contributed by atoms with E-state index in [1.165, 1.54) is 33.7 Å². The molecule has 7 heteroatoms. The van der Waals surface area contributed by atoms with Gasteiger partial charge in [-0.25, -0.2) is 9.59 Å². The fraction of sp³-hybridized carbons (Fsp3) is 0.294. The van der Waals surface area contributed by atoms with Crippen molar-refractivity contribution >= 4 is 24.1 Å². The van der Waals surface area contributed by atoms with Crippen LogP contribution in [-0.2, 0) is 23.8 Å². The number of carbonyl (C=O) groups is 3. The number of methoxy groups -OCH3 is 3. The lowest BCUT2D eigenvalue weighted by Gasteiger charge is -2.26. The molecule has 7 nitrogen and oxygen atoms in total. The van der Waals surface area contributed by atoms with Crippen molar-refractivity contribution in [3.63, 3.8) is 0 Å². The summed E-state index contributed by atoms with van der Waals surface area (Å²) in [5.41, 5.74) is 1.26. The summed E-state index contributed by atoms with van der Waals surface area (Å²) >= 11 is 0. The van der Waals surface area contributed by atoms with E-state index >= 15 is 0 Å². The van der Waals surface area contributed by atoms with Gasteiger partial charge >= 0.3 is 17.9 Å². The predicted molar refractivity (Wildman–Crippen MR) is 84.6 cm³/mol. The Morgan fingerprint density at radius 3 is 2.08 bits per heavy atom. The van der Waals surface area contributed by atoms with Gasteiger partial charge in [0.1, 0.15) is 5.92 Å². The highest BCUT2D eigenvalue weighted by Gasteiger charge is 2.37. The third-order valence-electron chi connectivity index (χ3n) is 3.74. The Bertz CT molecular complexity index is 704. The molecule has 2 rings (SSSR count). The highest BCUT2D eigenvalue weighted by Crippen LogP contribution is 2.35. The Balaban J connectivity index is 2.45. The van der Waals surface area contributed by atoms with Gasteiger partial charge in [0, 0.05) is 18.3 Å². The Hall–Kier alpha value is -2.96. The maximum Gasteiger partial charge on any atom is 0.337 e. The second-order valence-electron chi connectivity index (χ2n) is 5.01. The molecule has 2 atom stereocenters. The average molecular weight is 331 g/mol. The molecule has 0 fully saturated rings. The van der Waals surface area contributed by atoms with Crippen molar-refractivity contribution in [2.45, 2.75) is 5.92 Å². The molecule has 1 aliphatic rings. The van der Waals surface area contributed by atoms with Crippen molar-refractivity contribution in [1.82, 2.24) is 0 Å². The smallest absolute Gasteiger partial charge is 0.337 e. The number of benzene rings is 1. The zero-order chi connectivity index (χ0) is 17.7. The summed E-state index contributed by atoms with van der Waals surface area (Å²) in [5.74, 6) is -2.95. The SMILES string of the molecule is COC(=O)C1=CN=CC(C(=O)OC)C1c1ccc(C(=O)OC)cc1. The van der Waals surface area contributed by atoms with Gasteiger partial charge in [0.25, 0.3) is 0 Å². The maximum absolute atomic E-state index is 12.1. The van der Waals surface area contributed by atoms with E-state index in [-0.39, 0.29) is 5.57 Å². The standard InChI is InChI=1S/C17H17NO6/c1-22-15(19)11-6-4-10(5-7-11)14-12(16(20)23-2)8-18-9-13(14)17(21)24-3/h4-9,12,14H,1-3H3. The molecule has 1 heterocycles. The summed E-state index contributed by atoms with van der Waals surface area (Å²) in [5, 5.41) is 0. The van der Waals surface area contributed by atoms with Crippen LogP contribution in [-0.4, -0.2) is 45.5 Å². The molecule has 0 N–H and O–H groups in total. The minimum Gasteiger partial charge on any atom is -0.468 e. The van der Waals surface area contributed by atoms with E-state index in [0.29, 0.717) is 11.1 Å². The molecule has 1 aromatic carbocycles. The van der Waals surface area contributed by atoms with E-state index in [2.05, 4.69) is 9.73 Å². The predicted octanol–water partition coefficient (Wildman–Crippen LogP) is 1.49. The second-order valence-corrected chi connectivity index (χ2v) is 5.01. The average Bonchev–Trinajstić information content (AvgIpc) is 2.65. The van der Waals surface area contributed by atoms with E-state index in [1.807, 2.05) is 0 Å². The minimum atomic E-state index is -0.766. The van der Waals surface area contributed by atoms with E-state index < -0.39 is 29.7 Å². The van der Waals surface area contributed by atoms with Crippen LogP contribution in [0.1, 0.15) is 21.8 Å². The van der Waals surface area contributed by atoms with E-state index in [0.717, 1.165) is 0 Å². The number of carbonyl (C=O) groups excluding carboxylic acids is 3. The van der Waals surface area contributed by atoms with Gasteiger partial charge in [0.15, 0.2) is 0 Å². The van der Waals surface area contributed by atoms with Gasteiger partial charge in [-0.1, -0.05) is 12.1 Å². The molecule has 1 aliphatic heterocycles. The van der Waals surface area contributed by atoms with Gasteiger partial charge in [0.2, 0.25) is 0 Å². The van der Waals surface area contributed by atoms with Gasteiger partial charge in [-0.05, 0) is 17.7 Å². The van der Waals surface area contributed by atoms with Gasteiger partial charge < -0.3 is 14.2 Å². The van der Waals surface area contributed by atoms with Crippen LogP contribution >= 0.6 is 0 Å². The first kappa shape index (κ1) is 17.4. The number of hydrogen-bond acceptors (Lipinski definition) is 7. The molecular weight excluding hydrogens is 314 g/mol. The minimum absolute atomic E-state index is 0.237. The molecule has 1 aromatic rings. The molecule has 0 aliphatic carbocycles. The van der Waals surface area contributed by atoms with Crippen LogP contribution in [0.2, 0.25) is 0 Å². The summed E-state index contributed by atoms with van der Waals surface area (Å²) in [7, 11) is 3.81. The van der Waals surface area contributed by atoms with Crippen molar-refractivity contribution in [3.8, 4) is 0 Å². The third-order valence-corrected chi connectivity index (χ3v) is 3.74. The molecule has 0 saturated heterocycles. The summed E-state index contributed by atoms with van der Waals surface area (Å²) < 4.78 is 14.2. The van der Waals surface area contributed by atoms with Crippen LogP contribution in [0.15, 0.2) is 41.0 Å². The van der Waals surface area contributed by atoms with Crippen molar-refractivity contribution in [2.75, 3.05) is 21.3 Å². The molecule has 0 saturated carbocycles. The molecule has 2 unspecified atom stereocenters. The van der Waals surface area contributed by atoms with E-state index in [4.69, 9.17) is 9.47 Å². The number of nitrogens with zero attached hydrogens (tertiary/aromatic N) is 1. The van der Waals surface area contributed by atoms with Crippen LogP contribution in [0, 0.1) is 5.92 Å². The van der Waals surface area contributed by atoms with Crippen molar-refractivity contribution in [2.24, 2.45) is 10.9 Å². The Labute approximate surface area is 138 Å². The van der Waals surface area contributed by atoms with Crippen LogP contribution < -0.4 is 0 Å². The topological polar surface area (TPSA) is 91.3 Å². The largest absolute Gasteiger partial charge is 0.468 e. The first-order valence-electron chi connectivity index (χ1n) is 7.11. The van der Waals surface area contributed by atoms with Crippen molar-refractivity contribution < 1.29 is 28.6 Å². The third kappa shape index (κ3) is 3.34. The van der Waals surface area contributed by atoms with Gasteiger partial charge in [-0.2, -0.15) is 0 Å². The lowest BCUT2D eigenvalue weighted by Crippen LogP contribution is -2.31. The second kappa shape index (κ2) is 7.54. The molecule has 0 spiro atoms. The zero-order valence-electron chi connectivity index (χ0n) is 13.5. The van der Waals surface area contributed by atoms with Gasteiger partial charge in [-0.3, -0.25) is 9.79 Å². The lowest BCUT2D eigenvalue weighted by molar-refractivity contribution is -0.143. The number of aliphatic imine (C=N–C) groups is 1. The summed E-state index contributed by atoms with van der Waals surface area (Å²) in [4.78, 5) is 39.6. The number of rotatable bonds is 4. The molecule has 0 radical (unpaired) electrons. The first-order valence-corrected chi connectivity index (χ1v) is 7.11. The quantitative estimate of drug-likeness (QED) is 0.613. The summed E-state index contributed by atoms with van der Waals surface area (Å²) in [6, 6.07) is 6.44. The van der Waals surface area contributed by atoms with Crippen molar-refractivity contribution in [3.05, 3.63) is 47.2 Å². The van der Waals surface area contributed by atoms with E-state index in [9.17, 15) is 14.4 Å². The Kier molecular flexibility index (Phi) is 5.47. The fourth-order valence-corrected chi connectivity index (χ4v) is 2.54. The monoisotopic (exact) mass is 331 g/mol. The Morgan fingerprint density at radius 2 is 1.54 bits per heavy atom. The summed E-state index contributed by atoms with van der Waals surface area (Å²) in [6.07, 6.45) is 2.79. The molecule has 0 bridgehead atoms. The van der Waals surface area contributed by atoms with Gasteiger partial charge in [-0.15, -0.1) is 0 Å². The summed E-state index contributed by atoms with van der Waals surface area (Å²) in [6.45, 7) is 0. The van der Waals surface area contributed by atoms with Crippen LogP contribution in [0.25, 0.3) is 0 Å². The fourth-order valence-electron chi connectivity index (χ4n) is 2.54. The molecule has 126 valence electrons. The molecule has 0 amide bonds. The van der Waals surface area contributed by atoms with E-state index in [1.54, 1.807) is 24.3 Å². The van der Waals surface area contributed by atoms with Crippen LogP contribution in [0.5, 0.6) is 0 Å². The lowest BCUT2D eigenvalue weighted by atomic mass is 9.79. The maximum atomic E-state index is 12.1. The van der Waals surface area contributed by atoms with Crippen LogP contribution in [0.4, 0.5) is 0 Å². The van der Waals surface area contributed by atoms with Crippen molar-refractivity contribution in [1.29, 1.82) is 0 Å². The zero-order valence-corrected chi connectivity index (χ0v) is 13.5. The number of hydrogen-bond donors (Lipinski definition) is 0. The molecule has 0 aromatic heterocycles. The highest BCUT2D eigenvalue weighted by molar-refractivity contribution is 5.99. The van der Waals surface area contributed by atoms with Crippen LogP contribution in [0.3, 0.4) is 0 Å². The number of ether oxygens (including phenoxy) is 3. The number of esters is 3. The molecular formula is C17H17NO6. The highest BCUT2D eigenvalue weighted by atomic mass is 16.5. The van der Waals surface area contributed by atoms with Gasteiger partial charge in [0.05, 0.1) is 32.5 Å².